The van der Waals surface area contributed by atoms with Gasteiger partial charge in [0.25, 0.3) is 0 Å². The summed E-state index contributed by atoms with van der Waals surface area (Å²) in [6.07, 6.45) is -0.477. The summed E-state index contributed by atoms with van der Waals surface area (Å²) < 4.78 is 5.34. The van der Waals surface area contributed by atoms with Gasteiger partial charge in [0, 0.05) is 30.9 Å². The van der Waals surface area contributed by atoms with Crippen molar-refractivity contribution in [2.24, 2.45) is 5.92 Å². The number of rotatable bonds is 2. The number of likely N-dealkylation sites (tertiary alicyclic amines) is 1. The minimum atomic E-state index is -1.13. The summed E-state index contributed by atoms with van der Waals surface area (Å²) in [5, 5.41) is 11.5. The molecule has 0 saturated carbocycles. The Morgan fingerprint density at radius 3 is 2.41 bits per heavy atom. The third-order valence-electron chi connectivity index (χ3n) is 3.86. The number of hydrogen-bond acceptors (Lipinski definition) is 4. The summed E-state index contributed by atoms with van der Waals surface area (Å²) in [6, 6.07) is 7.64. The molecule has 0 N–H and O–H groups in total. The summed E-state index contributed by atoms with van der Waals surface area (Å²) >= 11 is 0. The lowest BCUT2D eigenvalue weighted by Crippen LogP contribution is -2.38. The van der Waals surface area contributed by atoms with E-state index < -0.39 is 23.6 Å². The molecule has 2 rings (SSSR count). The van der Waals surface area contributed by atoms with Gasteiger partial charge in [0.2, 0.25) is 0 Å². The third-order valence-corrected chi connectivity index (χ3v) is 3.86. The van der Waals surface area contributed by atoms with Gasteiger partial charge < -0.3 is 19.5 Å². The zero-order chi connectivity index (χ0) is 16.5. The molecule has 0 bridgehead atoms. The first-order valence-corrected chi connectivity index (χ1v) is 7.43. The Kier molecular flexibility index (Phi) is 4.44. The second-order valence-corrected chi connectivity index (χ2v) is 6.77. The second-order valence-electron chi connectivity index (χ2n) is 6.77. The Hall–Kier alpha value is -2.04. The van der Waals surface area contributed by atoms with Gasteiger partial charge in [-0.25, -0.2) is 4.79 Å². The van der Waals surface area contributed by atoms with Crippen LogP contribution >= 0.6 is 0 Å². The molecule has 0 radical (unpaired) electrons. The Morgan fingerprint density at radius 1 is 1.23 bits per heavy atom. The van der Waals surface area contributed by atoms with Crippen molar-refractivity contribution in [2.45, 2.75) is 39.2 Å². The van der Waals surface area contributed by atoms with Crippen molar-refractivity contribution in [1.29, 1.82) is 0 Å². The van der Waals surface area contributed by atoms with Crippen LogP contribution in [0, 0.1) is 12.8 Å². The van der Waals surface area contributed by atoms with E-state index >= 15 is 0 Å². The number of hydrogen-bond donors (Lipinski definition) is 0. The summed E-state index contributed by atoms with van der Waals surface area (Å²) in [4.78, 5) is 25.1. The van der Waals surface area contributed by atoms with Crippen molar-refractivity contribution >= 4 is 12.1 Å². The number of carbonyl (C=O) groups excluding carboxylic acids is 2. The molecular weight excluding hydrogens is 282 g/mol. The molecule has 1 aliphatic heterocycles. The predicted molar refractivity (Wildman–Crippen MR) is 80.2 cm³/mol. The molecule has 1 aromatic carbocycles. The lowest BCUT2D eigenvalue weighted by molar-refractivity contribution is -0.311. The van der Waals surface area contributed by atoms with Crippen molar-refractivity contribution in [2.75, 3.05) is 13.1 Å². The van der Waals surface area contributed by atoms with Gasteiger partial charge in [-0.2, -0.15) is 0 Å². The number of aryl methyl sites for hydroxylation is 1. The van der Waals surface area contributed by atoms with Crippen LogP contribution in [0.2, 0.25) is 0 Å². The highest BCUT2D eigenvalue weighted by Gasteiger charge is 2.39. The Bertz CT molecular complexity index is 576. The van der Waals surface area contributed by atoms with Gasteiger partial charge in [-0.05, 0) is 38.8 Å². The average Bonchev–Trinajstić information content (AvgIpc) is 2.82. The first kappa shape index (κ1) is 16.3. The zero-order valence-corrected chi connectivity index (χ0v) is 13.5. The lowest BCUT2D eigenvalue weighted by atomic mass is 9.86. The molecule has 2 atom stereocenters. The topological polar surface area (TPSA) is 69.7 Å². The van der Waals surface area contributed by atoms with E-state index in [2.05, 4.69) is 0 Å². The van der Waals surface area contributed by atoms with Gasteiger partial charge >= 0.3 is 6.09 Å². The summed E-state index contributed by atoms with van der Waals surface area (Å²) in [5.41, 5.74) is 1.36. The van der Waals surface area contributed by atoms with Crippen molar-refractivity contribution in [3.8, 4) is 0 Å². The molecule has 0 unspecified atom stereocenters. The fourth-order valence-electron chi connectivity index (χ4n) is 2.84. The van der Waals surface area contributed by atoms with Crippen molar-refractivity contribution < 1.29 is 19.4 Å². The van der Waals surface area contributed by atoms with Gasteiger partial charge in [0.15, 0.2) is 0 Å². The van der Waals surface area contributed by atoms with E-state index in [4.69, 9.17) is 4.74 Å². The number of aliphatic carboxylic acids is 1. The highest BCUT2D eigenvalue weighted by molar-refractivity contribution is 5.74. The molecule has 1 amide bonds. The number of ether oxygens (including phenoxy) is 1. The number of benzene rings is 1. The van der Waals surface area contributed by atoms with Crippen LogP contribution in [0.1, 0.15) is 37.8 Å². The number of carboxylic acid groups (broad SMARTS) is 1. The van der Waals surface area contributed by atoms with Crippen LogP contribution in [0.15, 0.2) is 24.3 Å². The maximum absolute atomic E-state index is 12.2. The number of carbonyl (C=O) groups is 2. The molecule has 1 aliphatic rings. The van der Waals surface area contributed by atoms with Gasteiger partial charge in [0.1, 0.15) is 5.60 Å². The molecule has 0 aromatic heterocycles. The van der Waals surface area contributed by atoms with Crippen LogP contribution in [0.4, 0.5) is 4.79 Å². The van der Waals surface area contributed by atoms with Crippen LogP contribution in [0.25, 0.3) is 0 Å². The molecule has 5 heteroatoms. The van der Waals surface area contributed by atoms with Gasteiger partial charge in [-0.3, -0.25) is 0 Å². The van der Waals surface area contributed by atoms with Gasteiger partial charge in [-0.15, -0.1) is 0 Å². The van der Waals surface area contributed by atoms with E-state index in [1.165, 1.54) is 4.90 Å². The summed E-state index contributed by atoms with van der Waals surface area (Å²) in [6.45, 7) is 7.76. The van der Waals surface area contributed by atoms with E-state index in [1.54, 1.807) is 20.8 Å². The van der Waals surface area contributed by atoms with Crippen LogP contribution in [-0.4, -0.2) is 35.7 Å². The highest BCUT2D eigenvalue weighted by Crippen LogP contribution is 2.34. The predicted octanol–water partition coefficient (Wildman–Crippen LogP) is 1.70. The normalized spacial score (nSPS) is 21.7. The van der Waals surface area contributed by atoms with E-state index in [-0.39, 0.29) is 12.5 Å². The number of amides is 1. The van der Waals surface area contributed by atoms with E-state index in [0.717, 1.165) is 11.1 Å². The van der Waals surface area contributed by atoms with Crippen LogP contribution in [-0.2, 0) is 9.53 Å². The highest BCUT2D eigenvalue weighted by atomic mass is 16.6. The van der Waals surface area contributed by atoms with Crippen LogP contribution in [0.5, 0.6) is 0 Å². The van der Waals surface area contributed by atoms with Crippen molar-refractivity contribution in [1.82, 2.24) is 4.90 Å². The molecular formula is C17H22NO4-. The monoisotopic (exact) mass is 304 g/mol. The van der Waals surface area contributed by atoms with E-state index in [1.807, 2.05) is 31.2 Å². The maximum atomic E-state index is 12.2. The van der Waals surface area contributed by atoms with E-state index in [9.17, 15) is 14.7 Å². The summed E-state index contributed by atoms with van der Waals surface area (Å²) in [5.74, 6) is -2.10. The molecule has 1 heterocycles. The lowest BCUT2D eigenvalue weighted by Gasteiger charge is -2.24. The van der Waals surface area contributed by atoms with E-state index in [0.29, 0.717) is 6.54 Å². The summed E-state index contributed by atoms with van der Waals surface area (Å²) in [7, 11) is 0. The first-order valence-electron chi connectivity index (χ1n) is 7.43. The minimum absolute atomic E-state index is 0.121. The molecule has 5 nitrogen and oxygen atoms in total. The zero-order valence-electron chi connectivity index (χ0n) is 13.5. The Morgan fingerprint density at radius 2 is 1.86 bits per heavy atom. The molecule has 0 spiro atoms. The van der Waals surface area contributed by atoms with Crippen molar-refractivity contribution in [3.05, 3.63) is 35.4 Å². The fourth-order valence-corrected chi connectivity index (χ4v) is 2.84. The average molecular weight is 304 g/mol. The molecule has 22 heavy (non-hydrogen) atoms. The fraction of sp³-hybridized carbons (Fsp3) is 0.529. The van der Waals surface area contributed by atoms with Crippen LogP contribution < -0.4 is 5.11 Å². The van der Waals surface area contributed by atoms with Crippen LogP contribution in [0.3, 0.4) is 0 Å². The Labute approximate surface area is 130 Å². The standard InChI is InChI=1S/C17H23NO4/c1-11-7-5-6-8-12(11)13-9-18(10-14(13)15(19)20)16(21)22-17(2,3)4/h5-8,13-14H,9-10H2,1-4H3,(H,19,20)/p-1/t13-,14+/m0/s1. The van der Waals surface area contributed by atoms with Gasteiger partial charge in [-0.1, -0.05) is 24.3 Å². The molecule has 0 aliphatic carbocycles. The number of nitrogens with zero attached hydrogens (tertiary/aromatic N) is 1. The quantitative estimate of drug-likeness (QED) is 0.834. The first-order chi connectivity index (χ1) is 10.2. The maximum Gasteiger partial charge on any atom is 0.410 e. The van der Waals surface area contributed by atoms with Crippen molar-refractivity contribution in [3.63, 3.8) is 0 Å². The molecule has 1 saturated heterocycles. The smallest absolute Gasteiger partial charge is 0.410 e. The second kappa shape index (κ2) is 5.99. The largest absolute Gasteiger partial charge is 0.550 e. The minimum Gasteiger partial charge on any atom is -0.550 e. The molecule has 1 aromatic rings. The molecule has 1 fully saturated rings. The number of carboxylic acids is 1. The van der Waals surface area contributed by atoms with Gasteiger partial charge in [0.05, 0.1) is 0 Å². The molecule has 120 valence electrons. The third kappa shape index (κ3) is 3.59. The Balaban J connectivity index is 2.22. The SMILES string of the molecule is Cc1ccccc1[C@@H]1CN(C(=O)OC(C)(C)C)C[C@H]1C(=O)[O-].